The van der Waals surface area contributed by atoms with Gasteiger partial charge < -0.3 is 0 Å². The van der Waals surface area contributed by atoms with E-state index in [0.717, 1.165) is 12.3 Å². The molecule has 1 rings (SSSR count). The summed E-state index contributed by atoms with van der Waals surface area (Å²) in [5.41, 5.74) is 3.69. The van der Waals surface area contributed by atoms with Gasteiger partial charge in [-0.05, 0) is 25.8 Å². The minimum Gasteiger partial charge on any atom is -0.289 e. The van der Waals surface area contributed by atoms with Crippen molar-refractivity contribution in [2.75, 3.05) is 6.54 Å². The van der Waals surface area contributed by atoms with Gasteiger partial charge in [-0.1, -0.05) is 43.2 Å². The van der Waals surface area contributed by atoms with E-state index in [1.54, 1.807) is 0 Å². The van der Waals surface area contributed by atoms with Crippen molar-refractivity contribution < 1.29 is 0 Å². The standard InChI is InChI=1S/C13H19N/c1-4-5-10-14-12(3)13-8-6-11(2)7-9-13/h6-9H,4-5,10H2,1-3H3/b14-12+. The number of aliphatic imine (C=N–C) groups is 1. The molecule has 0 spiro atoms. The van der Waals surface area contributed by atoms with Gasteiger partial charge in [0.05, 0.1) is 0 Å². The molecular formula is C13H19N. The van der Waals surface area contributed by atoms with Crippen LogP contribution in [0.5, 0.6) is 0 Å². The number of unbranched alkanes of at least 4 members (excludes halogenated alkanes) is 1. The zero-order chi connectivity index (χ0) is 10.4. The Morgan fingerprint density at radius 2 is 1.86 bits per heavy atom. The van der Waals surface area contributed by atoms with E-state index in [2.05, 4.69) is 50.0 Å². The van der Waals surface area contributed by atoms with Crippen LogP contribution in [0, 0.1) is 6.92 Å². The van der Waals surface area contributed by atoms with Gasteiger partial charge in [0.15, 0.2) is 0 Å². The molecule has 1 aromatic carbocycles. The molecule has 0 aliphatic carbocycles. The van der Waals surface area contributed by atoms with Crippen LogP contribution in [0.25, 0.3) is 0 Å². The van der Waals surface area contributed by atoms with Crippen molar-refractivity contribution in [3.05, 3.63) is 35.4 Å². The Morgan fingerprint density at radius 3 is 2.43 bits per heavy atom. The molecule has 1 heteroatoms. The topological polar surface area (TPSA) is 12.4 Å². The molecule has 1 nitrogen and oxygen atoms in total. The molecule has 1 aromatic rings. The number of hydrogen-bond acceptors (Lipinski definition) is 1. The van der Waals surface area contributed by atoms with E-state index in [-0.39, 0.29) is 0 Å². The van der Waals surface area contributed by atoms with Crippen LogP contribution in [-0.2, 0) is 0 Å². The normalized spacial score (nSPS) is 11.8. The highest BCUT2D eigenvalue weighted by Crippen LogP contribution is 2.05. The number of aryl methyl sites for hydroxylation is 1. The first kappa shape index (κ1) is 11.0. The fourth-order valence-electron chi connectivity index (χ4n) is 1.29. The predicted molar refractivity (Wildman–Crippen MR) is 63.2 cm³/mol. The summed E-state index contributed by atoms with van der Waals surface area (Å²) in [6.07, 6.45) is 2.40. The Labute approximate surface area is 86.9 Å². The lowest BCUT2D eigenvalue weighted by Crippen LogP contribution is -1.96. The molecule has 0 bridgehead atoms. The average molecular weight is 189 g/mol. The molecule has 0 aromatic heterocycles. The van der Waals surface area contributed by atoms with E-state index in [4.69, 9.17) is 0 Å². The molecule has 0 heterocycles. The van der Waals surface area contributed by atoms with Crippen molar-refractivity contribution in [2.45, 2.75) is 33.6 Å². The van der Waals surface area contributed by atoms with E-state index in [0.29, 0.717) is 0 Å². The van der Waals surface area contributed by atoms with E-state index < -0.39 is 0 Å². The average Bonchev–Trinajstić information content (AvgIpc) is 2.19. The molecule has 0 unspecified atom stereocenters. The van der Waals surface area contributed by atoms with E-state index in [1.807, 2.05) is 0 Å². The van der Waals surface area contributed by atoms with Gasteiger partial charge in [0.25, 0.3) is 0 Å². The number of benzene rings is 1. The lowest BCUT2D eigenvalue weighted by molar-refractivity contribution is 0.808. The minimum atomic E-state index is 0.955. The molecule has 0 N–H and O–H groups in total. The maximum Gasteiger partial charge on any atom is 0.0392 e. The summed E-state index contributed by atoms with van der Waals surface area (Å²) in [4.78, 5) is 4.53. The molecule has 0 radical (unpaired) electrons. The van der Waals surface area contributed by atoms with Crippen molar-refractivity contribution in [1.29, 1.82) is 0 Å². The van der Waals surface area contributed by atoms with E-state index >= 15 is 0 Å². The lowest BCUT2D eigenvalue weighted by atomic mass is 10.1. The molecular weight excluding hydrogens is 170 g/mol. The van der Waals surface area contributed by atoms with E-state index in [1.165, 1.54) is 24.0 Å². The molecule has 14 heavy (non-hydrogen) atoms. The zero-order valence-electron chi connectivity index (χ0n) is 9.38. The third kappa shape index (κ3) is 3.33. The lowest BCUT2D eigenvalue weighted by Gasteiger charge is -2.01. The largest absolute Gasteiger partial charge is 0.289 e. The first-order valence-electron chi connectivity index (χ1n) is 5.32. The second-order valence-corrected chi connectivity index (χ2v) is 3.69. The summed E-state index contributed by atoms with van der Waals surface area (Å²) in [7, 11) is 0. The highest BCUT2D eigenvalue weighted by atomic mass is 14.7. The molecule has 0 saturated heterocycles. The van der Waals surface area contributed by atoms with Crippen LogP contribution in [0.1, 0.15) is 37.8 Å². The highest BCUT2D eigenvalue weighted by Gasteiger charge is 1.95. The fourth-order valence-corrected chi connectivity index (χ4v) is 1.29. The molecule has 0 saturated carbocycles. The summed E-state index contributed by atoms with van der Waals surface area (Å²) in [5.74, 6) is 0. The first-order valence-corrected chi connectivity index (χ1v) is 5.32. The summed E-state index contributed by atoms with van der Waals surface area (Å²) in [6, 6.07) is 8.54. The third-order valence-corrected chi connectivity index (χ3v) is 2.33. The Morgan fingerprint density at radius 1 is 1.21 bits per heavy atom. The number of hydrogen-bond donors (Lipinski definition) is 0. The van der Waals surface area contributed by atoms with Crippen molar-refractivity contribution in [1.82, 2.24) is 0 Å². The van der Waals surface area contributed by atoms with Crippen molar-refractivity contribution in [2.24, 2.45) is 4.99 Å². The van der Waals surface area contributed by atoms with Gasteiger partial charge in [-0.15, -0.1) is 0 Å². The second-order valence-electron chi connectivity index (χ2n) is 3.69. The van der Waals surface area contributed by atoms with Crippen LogP contribution < -0.4 is 0 Å². The smallest absolute Gasteiger partial charge is 0.0392 e. The van der Waals surface area contributed by atoms with Crippen molar-refractivity contribution in [3.63, 3.8) is 0 Å². The van der Waals surface area contributed by atoms with Crippen molar-refractivity contribution in [3.8, 4) is 0 Å². The van der Waals surface area contributed by atoms with Crippen LogP contribution in [0.3, 0.4) is 0 Å². The van der Waals surface area contributed by atoms with Gasteiger partial charge in [0.1, 0.15) is 0 Å². The Hall–Kier alpha value is -1.11. The molecule has 0 aliphatic heterocycles. The predicted octanol–water partition coefficient (Wildman–Crippen LogP) is 3.60. The Kier molecular flexibility index (Phi) is 4.37. The summed E-state index contributed by atoms with van der Waals surface area (Å²) < 4.78 is 0. The highest BCUT2D eigenvalue weighted by molar-refractivity contribution is 5.98. The number of rotatable bonds is 4. The SMILES string of the molecule is CCCC/N=C(\C)c1ccc(C)cc1. The van der Waals surface area contributed by atoms with Gasteiger partial charge in [0, 0.05) is 12.3 Å². The van der Waals surface area contributed by atoms with Crippen LogP contribution in [0.4, 0.5) is 0 Å². The van der Waals surface area contributed by atoms with Gasteiger partial charge >= 0.3 is 0 Å². The third-order valence-electron chi connectivity index (χ3n) is 2.33. The first-order chi connectivity index (χ1) is 6.74. The Bertz CT molecular complexity index is 296. The van der Waals surface area contributed by atoms with Crippen LogP contribution in [-0.4, -0.2) is 12.3 Å². The van der Waals surface area contributed by atoms with E-state index in [9.17, 15) is 0 Å². The van der Waals surface area contributed by atoms with Gasteiger partial charge in [-0.25, -0.2) is 0 Å². The molecule has 76 valence electrons. The molecule has 0 atom stereocenters. The number of nitrogens with zero attached hydrogens (tertiary/aromatic N) is 1. The molecule has 0 aliphatic rings. The van der Waals surface area contributed by atoms with Gasteiger partial charge in [0.2, 0.25) is 0 Å². The monoisotopic (exact) mass is 189 g/mol. The zero-order valence-corrected chi connectivity index (χ0v) is 9.38. The van der Waals surface area contributed by atoms with Crippen LogP contribution >= 0.6 is 0 Å². The summed E-state index contributed by atoms with van der Waals surface area (Å²) >= 11 is 0. The van der Waals surface area contributed by atoms with Crippen molar-refractivity contribution >= 4 is 5.71 Å². The minimum absolute atomic E-state index is 0.955. The maximum atomic E-state index is 4.53. The summed E-state index contributed by atoms with van der Waals surface area (Å²) in [5, 5.41) is 0. The second kappa shape index (κ2) is 5.58. The fraction of sp³-hybridized carbons (Fsp3) is 0.462. The summed E-state index contributed by atoms with van der Waals surface area (Å²) in [6.45, 7) is 7.33. The molecule has 0 fully saturated rings. The quantitative estimate of drug-likeness (QED) is 0.507. The van der Waals surface area contributed by atoms with Crippen LogP contribution in [0.2, 0.25) is 0 Å². The maximum absolute atomic E-state index is 4.53. The van der Waals surface area contributed by atoms with Crippen LogP contribution in [0.15, 0.2) is 29.3 Å². The van der Waals surface area contributed by atoms with Gasteiger partial charge in [-0.2, -0.15) is 0 Å². The Balaban J connectivity index is 2.64. The molecule has 0 amide bonds. The van der Waals surface area contributed by atoms with Gasteiger partial charge in [-0.3, -0.25) is 4.99 Å².